The molecule has 0 unspecified atom stereocenters. The van der Waals surface area contributed by atoms with E-state index in [4.69, 9.17) is 11.6 Å². The van der Waals surface area contributed by atoms with Crippen molar-refractivity contribution in [3.8, 4) is 5.75 Å². The van der Waals surface area contributed by atoms with Crippen LogP contribution in [0.4, 0.5) is 10.1 Å². The van der Waals surface area contributed by atoms with E-state index in [1.54, 1.807) is 37.8 Å². The van der Waals surface area contributed by atoms with Crippen LogP contribution >= 0.6 is 11.6 Å². The monoisotopic (exact) mass is 544 g/mol. The first-order chi connectivity index (χ1) is 17.9. The van der Waals surface area contributed by atoms with Gasteiger partial charge in [0.05, 0.1) is 24.5 Å². The molecule has 3 N–H and O–H groups in total. The lowest BCUT2D eigenvalue weighted by atomic mass is 9.82. The molecule has 1 amide bonds. The summed E-state index contributed by atoms with van der Waals surface area (Å²) in [5.74, 6) is -3.43. The van der Waals surface area contributed by atoms with Crippen molar-refractivity contribution in [3.63, 3.8) is 0 Å². The Morgan fingerprint density at radius 3 is 2.71 bits per heavy atom. The summed E-state index contributed by atoms with van der Waals surface area (Å²) in [6.07, 6.45) is 5.67. The zero-order chi connectivity index (χ0) is 27.8. The van der Waals surface area contributed by atoms with Crippen LogP contribution in [0, 0.1) is 5.82 Å². The second-order valence-electron chi connectivity index (χ2n) is 9.61. The second kappa shape index (κ2) is 10.4. The molecule has 1 aromatic carbocycles. The first kappa shape index (κ1) is 27.0. The number of aromatic hydroxyl groups is 1. The fraction of sp³-hybridized carbons (Fsp3) is 0.320. The van der Waals surface area contributed by atoms with Crippen LogP contribution in [0.15, 0.2) is 52.4 Å². The average Bonchev–Trinajstić information content (AvgIpc) is 3.51. The maximum absolute atomic E-state index is 14.4. The molecule has 3 aromatic heterocycles. The Balaban J connectivity index is 1.84. The van der Waals surface area contributed by atoms with Gasteiger partial charge in [-0.05, 0) is 43.2 Å². The molecular weight excluding hydrogens is 519 g/mol. The van der Waals surface area contributed by atoms with Gasteiger partial charge in [-0.1, -0.05) is 23.7 Å². The third-order valence-electron chi connectivity index (χ3n) is 5.97. The van der Waals surface area contributed by atoms with Gasteiger partial charge in [0.2, 0.25) is 5.75 Å². The maximum atomic E-state index is 14.4. The number of nitrogens with zero attached hydrogens (tertiary/aromatic N) is 5. The van der Waals surface area contributed by atoms with E-state index in [2.05, 4.69) is 25.1 Å². The molecule has 0 bridgehead atoms. The fourth-order valence-corrected chi connectivity index (χ4v) is 4.53. The minimum atomic E-state index is -1.05. The Hall–Kier alpha value is -4.03. The van der Waals surface area contributed by atoms with E-state index in [1.807, 2.05) is 0 Å². The van der Waals surface area contributed by atoms with Crippen molar-refractivity contribution in [3.05, 3.63) is 86.9 Å². The Labute approximate surface area is 221 Å². The fourth-order valence-electron chi connectivity index (χ4n) is 4.29. The van der Waals surface area contributed by atoms with Crippen molar-refractivity contribution in [2.75, 3.05) is 5.32 Å². The number of carbonyl (C=O) groups excluding carboxylic acids is 1. The molecule has 11 nitrogen and oxygen atoms in total. The van der Waals surface area contributed by atoms with Crippen LogP contribution in [0.5, 0.6) is 5.75 Å². The van der Waals surface area contributed by atoms with Gasteiger partial charge in [0.15, 0.2) is 5.69 Å². The molecule has 0 aliphatic carbocycles. The predicted molar refractivity (Wildman–Crippen MR) is 136 cm³/mol. The SMILES string of the molecule is C[C@@H](c1nc(C(=O)Nc2cnoc2)c(O)c(=O)n1C)[C@H](c1cnn(CC(C)(C)O)c1)c1cc(F)ccc1Cl. The van der Waals surface area contributed by atoms with Crippen molar-refractivity contribution in [2.24, 2.45) is 7.05 Å². The number of hydrogen-bond acceptors (Lipinski definition) is 8. The first-order valence-corrected chi connectivity index (χ1v) is 11.9. The number of halogens is 2. The van der Waals surface area contributed by atoms with E-state index in [0.717, 1.165) is 4.57 Å². The maximum Gasteiger partial charge on any atom is 0.296 e. The lowest BCUT2D eigenvalue weighted by Gasteiger charge is -2.26. The molecule has 2 atom stereocenters. The first-order valence-electron chi connectivity index (χ1n) is 11.6. The molecule has 0 fully saturated rings. The molecule has 4 aromatic rings. The molecule has 0 saturated heterocycles. The molecule has 38 heavy (non-hydrogen) atoms. The minimum absolute atomic E-state index is 0.129. The van der Waals surface area contributed by atoms with E-state index in [0.29, 0.717) is 11.1 Å². The van der Waals surface area contributed by atoms with Crippen molar-refractivity contribution in [2.45, 2.75) is 44.8 Å². The van der Waals surface area contributed by atoms with Crippen molar-refractivity contribution < 1.29 is 23.9 Å². The van der Waals surface area contributed by atoms with Crippen molar-refractivity contribution >= 4 is 23.2 Å². The van der Waals surface area contributed by atoms with Crippen LogP contribution in [-0.2, 0) is 13.6 Å². The zero-order valence-corrected chi connectivity index (χ0v) is 21.8. The van der Waals surface area contributed by atoms with Crippen molar-refractivity contribution in [1.29, 1.82) is 0 Å². The highest BCUT2D eigenvalue weighted by Gasteiger charge is 2.32. The standard InChI is InChI=1S/C25H26ClFN6O5/c1-13(22-31-20(21(34)24(36)32(22)4)23(35)30-16-9-29-38-11-16)19(17-7-15(27)5-6-18(17)26)14-8-28-33(10-14)12-25(2,3)37/h5-11,13,19,34,37H,12H2,1-4H3,(H,30,35)/t13-,19-/m1/s1. The van der Waals surface area contributed by atoms with Crippen LogP contribution in [-0.4, -0.2) is 46.2 Å². The number of hydrogen-bond donors (Lipinski definition) is 3. The Bertz CT molecular complexity index is 1530. The highest BCUT2D eigenvalue weighted by atomic mass is 35.5. The van der Waals surface area contributed by atoms with Gasteiger partial charge in [0.1, 0.15) is 23.6 Å². The summed E-state index contributed by atoms with van der Waals surface area (Å²) >= 11 is 6.50. The summed E-state index contributed by atoms with van der Waals surface area (Å²) in [6.45, 7) is 5.20. The van der Waals surface area contributed by atoms with E-state index in [9.17, 15) is 24.2 Å². The number of nitrogens with one attached hydrogen (secondary N) is 1. The topological polar surface area (TPSA) is 148 Å². The molecular formula is C25H26ClFN6O5. The summed E-state index contributed by atoms with van der Waals surface area (Å²) in [5.41, 5.74) is -1.19. The average molecular weight is 545 g/mol. The Kier molecular flexibility index (Phi) is 7.38. The second-order valence-corrected chi connectivity index (χ2v) is 10.0. The third kappa shape index (κ3) is 5.60. The smallest absolute Gasteiger partial charge is 0.296 e. The number of amides is 1. The summed E-state index contributed by atoms with van der Waals surface area (Å²) in [4.78, 5) is 30.1. The molecule has 0 aliphatic rings. The molecule has 0 radical (unpaired) electrons. The summed E-state index contributed by atoms with van der Waals surface area (Å²) < 4.78 is 21.7. The van der Waals surface area contributed by atoms with Gasteiger partial charge in [-0.3, -0.25) is 18.8 Å². The minimum Gasteiger partial charge on any atom is -0.501 e. The van der Waals surface area contributed by atoms with Gasteiger partial charge in [-0.25, -0.2) is 9.37 Å². The number of benzene rings is 1. The van der Waals surface area contributed by atoms with Gasteiger partial charge in [0.25, 0.3) is 11.5 Å². The molecule has 200 valence electrons. The van der Waals surface area contributed by atoms with Crippen molar-refractivity contribution in [1.82, 2.24) is 24.5 Å². The van der Waals surface area contributed by atoms with Crippen LogP contribution in [0.3, 0.4) is 0 Å². The quantitative estimate of drug-likeness (QED) is 0.305. The van der Waals surface area contributed by atoms with Crippen LogP contribution < -0.4 is 10.9 Å². The van der Waals surface area contributed by atoms with Gasteiger partial charge >= 0.3 is 0 Å². The molecule has 0 saturated carbocycles. The van der Waals surface area contributed by atoms with Gasteiger partial charge in [-0.15, -0.1) is 0 Å². The van der Waals surface area contributed by atoms with Gasteiger partial charge < -0.3 is 20.1 Å². The predicted octanol–water partition coefficient (Wildman–Crippen LogP) is 3.42. The lowest BCUT2D eigenvalue weighted by molar-refractivity contribution is 0.0577. The number of aromatic nitrogens is 5. The summed E-state index contributed by atoms with van der Waals surface area (Å²) in [6, 6.07) is 3.94. The van der Waals surface area contributed by atoms with E-state index in [-0.39, 0.29) is 23.1 Å². The van der Waals surface area contributed by atoms with E-state index >= 15 is 0 Å². The van der Waals surface area contributed by atoms with E-state index in [1.165, 1.54) is 37.7 Å². The summed E-state index contributed by atoms with van der Waals surface area (Å²) in [5, 5.41) is 31.2. The molecule has 0 spiro atoms. The van der Waals surface area contributed by atoms with Crippen LogP contribution in [0.1, 0.15) is 60.0 Å². The molecule has 3 heterocycles. The normalized spacial score (nSPS) is 13.3. The molecule has 13 heteroatoms. The van der Waals surface area contributed by atoms with Crippen LogP contribution in [0.2, 0.25) is 5.02 Å². The van der Waals surface area contributed by atoms with E-state index < -0.39 is 46.2 Å². The van der Waals surface area contributed by atoms with Gasteiger partial charge in [0, 0.05) is 30.1 Å². The summed E-state index contributed by atoms with van der Waals surface area (Å²) in [7, 11) is 1.41. The zero-order valence-electron chi connectivity index (χ0n) is 21.0. The Morgan fingerprint density at radius 2 is 2.05 bits per heavy atom. The lowest BCUT2D eigenvalue weighted by Crippen LogP contribution is -2.29. The Morgan fingerprint density at radius 1 is 1.32 bits per heavy atom. The third-order valence-corrected chi connectivity index (χ3v) is 6.31. The highest BCUT2D eigenvalue weighted by Crippen LogP contribution is 2.41. The van der Waals surface area contributed by atoms with Gasteiger partial charge in [-0.2, -0.15) is 5.10 Å². The number of aliphatic hydroxyl groups is 1. The molecule has 0 aliphatic heterocycles. The number of rotatable bonds is 8. The number of anilines is 1. The number of carbonyl (C=O) groups is 1. The van der Waals surface area contributed by atoms with Crippen LogP contribution in [0.25, 0.3) is 0 Å². The highest BCUT2D eigenvalue weighted by molar-refractivity contribution is 6.31. The largest absolute Gasteiger partial charge is 0.501 e. The molecule has 4 rings (SSSR count).